The van der Waals surface area contributed by atoms with Crippen LogP contribution in [0.15, 0.2) is 59.8 Å². The molecule has 0 spiro atoms. The lowest BCUT2D eigenvalue weighted by molar-refractivity contribution is -0.130. The van der Waals surface area contributed by atoms with Gasteiger partial charge < -0.3 is 10.6 Å². The van der Waals surface area contributed by atoms with E-state index in [1.54, 1.807) is 11.0 Å². The number of carbonyl (C=O) groups excluding carboxylic acids is 1. The quantitative estimate of drug-likeness (QED) is 0.735. The molecule has 1 aromatic heterocycles. The van der Waals surface area contributed by atoms with Crippen molar-refractivity contribution < 1.29 is 13.2 Å². The highest BCUT2D eigenvalue weighted by molar-refractivity contribution is 7.89. The molecular weight excluding hydrogens is 364 g/mol. The van der Waals surface area contributed by atoms with Crippen LogP contribution in [0.4, 0.5) is 0 Å². The van der Waals surface area contributed by atoms with Crippen molar-refractivity contribution in [1.29, 1.82) is 0 Å². The fourth-order valence-electron chi connectivity index (χ4n) is 3.43. The molecule has 2 heterocycles. The van der Waals surface area contributed by atoms with E-state index in [2.05, 4.69) is 21.8 Å². The van der Waals surface area contributed by atoms with Crippen LogP contribution < -0.4 is 10.5 Å². The summed E-state index contributed by atoms with van der Waals surface area (Å²) in [6.45, 7) is 1.77. The first-order valence-corrected chi connectivity index (χ1v) is 10.4. The Hall–Kier alpha value is -2.29. The Morgan fingerprint density at radius 2 is 1.96 bits per heavy atom. The topological polar surface area (TPSA) is 105 Å². The van der Waals surface area contributed by atoms with E-state index < -0.39 is 10.0 Å². The first kappa shape index (κ1) is 19.5. The van der Waals surface area contributed by atoms with E-state index in [0.717, 1.165) is 0 Å². The van der Waals surface area contributed by atoms with Gasteiger partial charge in [0.1, 0.15) is 4.90 Å². The number of sulfonamides is 1. The number of carbonyl (C=O) groups is 1. The maximum Gasteiger partial charge on any atom is 0.242 e. The standard InChI is InChI=1S/C19H24N4O3S/c20-11-16-13-23(14-18(16)15-5-2-1-3-6-15)19(24)8-10-22-27(25,26)17-7-4-9-21-12-17/h1-7,9,12,16,18,22H,8,10-11,13-14,20H2/t16-,18+/m1/s1. The third-order valence-electron chi connectivity index (χ3n) is 4.90. The largest absolute Gasteiger partial charge is 0.342 e. The summed E-state index contributed by atoms with van der Waals surface area (Å²) in [7, 11) is -3.65. The number of nitrogens with two attached hydrogens (primary N) is 1. The normalized spacial score (nSPS) is 20.0. The highest BCUT2D eigenvalue weighted by Gasteiger charge is 2.35. The fraction of sp³-hybridized carbons (Fsp3) is 0.368. The van der Waals surface area contributed by atoms with Gasteiger partial charge in [-0.05, 0) is 30.2 Å². The highest BCUT2D eigenvalue weighted by atomic mass is 32.2. The number of likely N-dealkylation sites (tertiary alicyclic amines) is 1. The molecule has 8 heteroatoms. The lowest BCUT2D eigenvalue weighted by Crippen LogP contribution is -2.33. The van der Waals surface area contributed by atoms with Crippen LogP contribution in [-0.2, 0) is 14.8 Å². The molecule has 1 aromatic carbocycles. The summed E-state index contributed by atoms with van der Waals surface area (Å²) in [4.78, 5) is 18.2. The molecule has 27 heavy (non-hydrogen) atoms. The third kappa shape index (κ3) is 4.71. The van der Waals surface area contributed by atoms with E-state index in [9.17, 15) is 13.2 Å². The van der Waals surface area contributed by atoms with Gasteiger partial charge in [-0.2, -0.15) is 0 Å². The van der Waals surface area contributed by atoms with Crippen molar-refractivity contribution in [2.45, 2.75) is 17.2 Å². The molecule has 2 aromatic rings. The molecule has 144 valence electrons. The minimum absolute atomic E-state index is 0.0514. The average molecular weight is 388 g/mol. The van der Waals surface area contributed by atoms with Crippen LogP contribution in [0, 0.1) is 5.92 Å². The number of rotatable bonds is 7. The molecule has 1 aliphatic rings. The zero-order valence-corrected chi connectivity index (χ0v) is 15.8. The second kappa shape index (κ2) is 8.60. The van der Waals surface area contributed by atoms with Crippen LogP contribution in [0.2, 0.25) is 0 Å². The Balaban J connectivity index is 1.56. The van der Waals surface area contributed by atoms with Crippen molar-refractivity contribution in [3.8, 4) is 0 Å². The van der Waals surface area contributed by atoms with Crippen molar-refractivity contribution in [3.05, 3.63) is 60.4 Å². The van der Waals surface area contributed by atoms with Gasteiger partial charge >= 0.3 is 0 Å². The van der Waals surface area contributed by atoms with Gasteiger partial charge in [0, 0.05) is 44.4 Å². The summed E-state index contributed by atoms with van der Waals surface area (Å²) < 4.78 is 26.8. The van der Waals surface area contributed by atoms with Crippen LogP contribution in [0.5, 0.6) is 0 Å². The van der Waals surface area contributed by atoms with Gasteiger partial charge in [0.15, 0.2) is 0 Å². The summed E-state index contributed by atoms with van der Waals surface area (Å²) in [5, 5.41) is 0. The SMILES string of the molecule is NC[C@@H]1CN(C(=O)CCNS(=O)(=O)c2cccnc2)C[C@H]1c1ccccc1. The molecule has 7 nitrogen and oxygen atoms in total. The van der Waals surface area contributed by atoms with Crippen molar-refractivity contribution in [1.82, 2.24) is 14.6 Å². The van der Waals surface area contributed by atoms with Crippen molar-refractivity contribution in [3.63, 3.8) is 0 Å². The van der Waals surface area contributed by atoms with Gasteiger partial charge in [-0.15, -0.1) is 0 Å². The molecule has 1 saturated heterocycles. The Bertz CT molecular complexity index is 859. The molecule has 1 aliphatic heterocycles. The minimum atomic E-state index is -3.65. The molecule has 3 N–H and O–H groups in total. The zero-order valence-electron chi connectivity index (χ0n) is 15.0. The first-order valence-electron chi connectivity index (χ1n) is 8.93. The molecular formula is C19H24N4O3S. The number of nitrogens with one attached hydrogen (secondary N) is 1. The maximum atomic E-state index is 12.5. The number of benzene rings is 1. The summed E-state index contributed by atoms with van der Waals surface area (Å²) in [6, 6.07) is 13.1. The highest BCUT2D eigenvalue weighted by Crippen LogP contribution is 2.32. The second-order valence-corrected chi connectivity index (χ2v) is 8.42. The predicted octanol–water partition coefficient (Wildman–Crippen LogP) is 0.951. The second-order valence-electron chi connectivity index (χ2n) is 6.65. The molecule has 0 saturated carbocycles. The van der Waals surface area contributed by atoms with Gasteiger partial charge in [0.25, 0.3) is 0 Å². The molecule has 1 amide bonds. The summed E-state index contributed by atoms with van der Waals surface area (Å²) >= 11 is 0. The summed E-state index contributed by atoms with van der Waals surface area (Å²) in [5.74, 6) is 0.358. The summed E-state index contributed by atoms with van der Waals surface area (Å²) in [5.41, 5.74) is 7.09. The van der Waals surface area contributed by atoms with E-state index in [1.807, 2.05) is 18.2 Å². The molecule has 3 rings (SSSR count). The van der Waals surface area contributed by atoms with Crippen molar-refractivity contribution >= 4 is 15.9 Å². The smallest absolute Gasteiger partial charge is 0.242 e. The molecule has 0 radical (unpaired) electrons. The van der Waals surface area contributed by atoms with Gasteiger partial charge in [-0.25, -0.2) is 13.1 Å². The third-order valence-corrected chi connectivity index (χ3v) is 6.35. The van der Waals surface area contributed by atoms with Crippen molar-refractivity contribution in [2.24, 2.45) is 11.7 Å². The van der Waals surface area contributed by atoms with Gasteiger partial charge in [0.2, 0.25) is 15.9 Å². The van der Waals surface area contributed by atoms with Crippen LogP contribution in [0.3, 0.4) is 0 Å². The lowest BCUT2D eigenvalue weighted by Gasteiger charge is -2.17. The average Bonchev–Trinajstić information content (AvgIpc) is 3.14. The Morgan fingerprint density at radius 1 is 1.19 bits per heavy atom. The lowest BCUT2D eigenvalue weighted by atomic mass is 9.89. The van der Waals surface area contributed by atoms with Gasteiger partial charge in [0.05, 0.1) is 0 Å². The molecule has 0 bridgehead atoms. The monoisotopic (exact) mass is 388 g/mol. The van der Waals surface area contributed by atoms with Crippen molar-refractivity contribution in [2.75, 3.05) is 26.2 Å². The van der Waals surface area contributed by atoms with E-state index >= 15 is 0 Å². The predicted molar refractivity (Wildman–Crippen MR) is 102 cm³/mol. The zero-order chi connectivity index (χ0) is 19.3. The number of pyridine rings is 1. The Labute approximate surface area is 159 Å². The number of aromatic nitrogens is 1. The molecule has 0 aliphatic carbocycles. The van der Waals surface area contributed by atoms with E-state index in [1.165, 1.54) is 24.0 Å². The fourth-order valence-corrected chi connectivity index (χ4v) is 4.43. The number of nitrogens with zero attached hydrogens (tertiary/aromatic N) is 2. The van der Waals surface area contributed by atoms with Crippen LogP contribution in [-0.4, -0.2) is 50.4 Å². The van der Waals surface area contributed by atoms with Gasteiger partial charge in [-0.1, -0.05) is 30.3 Å². The molecule has 0 unspecified atom stereocenters. The maximum absolute atomic E-state index is 12.5. The van der Waals surface area contributed by atoms with Crippen LogP contribution in [0.25, 0.3) is 0 Å². The Kier molecular flexibility index (Phi) is 6.20. The number of hydrogen-bond donors (Lipinski definition) is 2. The Morgan fingerprint density at radius 3 is 2.63 bits per heavy atom. The molecule has 1 fully saturated rings. The summed E-state index contributed by atoms with van der Waals surface area (Å²) in [6.07, 6.45) is 2.89. The first-order chi connectivity index (χ1) is 13.0. The number of hydrogen-bond acceptors (Lipinski definition) is 5. The van der Waals surface area contributed by atoms with E-state index in [4.69, 9.17) is 5.73 Å². The molecule has 2 atom stereocenters. The van der Waals surface area contributed by atoms with E-state index in [-0.39, 0.29) is 35.6 Å². The van der Waals surface area contributed by atoms with Crippen LogP contribution >= 0.6 is 0 Å². The minimum Gasteiger partial charge on any atom is -0.342 e. The van der Waals surface area contributed by atoms with Crippen LogP contribution in [0.1, 0.15) is 17.9 Å². The number of amides is 1. The van der Waals surface area contributed by atoms with Gasteiger partial charge in [-0.3, -0.25) is 9.78 Å². The van der Waals surface area contributed by atoms with E-state index in [0.29, 0.717) is 19.6 Å².